The van der Waals surface area contributed by atoms with Crippen molar-refractivity contribution in [2.24, 2.45) is 0 Å². The van der Waals surface area contributed by atoms with E-state index < -0.39 is 22.0 Å². The molecule has 2 N–H and O–H groups in total. The molecule has 7 nitrogen and oxygen atoms in total. The number of anilines is 1. The van der Waals surface area contributed by atoms with E-state index in [0.717, 1.165) is 5.56 Å². The van der Waals surface area contributed by atoms with Crippen molar-refractivity contribution >= 4 is 21.6 Å². The molecule has 0 fully saturated rings. The van der Waals surface area contributed by atoms with Crippen LogP contribution in [0.5, 0.6) is 11.5 Å². The minimum atomic E-state index is -3.93. The summed E-state index contributed by atoms with van der Waals surface area (Å²) < 4.78 is 38.2. The Bertz CT molecular complexity index is 895. The Kier molecular flexibility index (Phi) is 6.81. The van der Waals surface area contributed by atoms with Crippen molar-refractivity contribution in [3.8, 4) is 11.5 Å². The van der Waals surface area contributed by atoms with Crippen molar-refractivity contribution in [2.75, 3.05) is 19.0 Å². The summed E-state index contributed by atoms with van der Waals surface area (Å²) in [5.41, 5.74) is 1.31. The van der Waals surface area contributed by atoms with Crippen molar-refractivity contribution < 1.29 is 22.7 Å². The van der Waals surface area contributed by atoms with Crippen LogP contribution >= 0.6 is 0 Å². The number of benzene rings is 2. The molecule has 0 unspecified atom stereocenters. The molecular formula is C19H24N2O5S. The number of aryl methyl sites for hydroxylation is 1. The van der Waals surface area contributed by atoms with Gasteiger partial charge in [-0.1, -0.05) is 6.07 Å². The summed E-state index contributed by atoms with van der Waals surface area (Å²) >= 11 is 0. The lowest BCUT2D eigenvalue weighted by atomic mass is 10.2. The third kappa shape index (κ3) is 5.45. The van der Waals surface area contributed by atoms with E-state index in [4.69, 9.17) is 9.47 Å². The largest absolute Gasteiger partial charge is 0.495 e. The maximum Gasteiger partial charge on any atom is 0.244 e. The summed E-state index contributed by atoms with van der Waals surface area (Å²) in [7, 11) is -2.54. The number of hydrogen-bond donors (Lipinski definition) is 2. The average Bonchev–Trinajstić information content (AvgIpc) is 2.63. The van der Waals surface area contributed by atoms with Gasteiger partial charge in [-0.3, -0.25) is 4.79 Å². The molecule has 146 valence electrons. The summed E-state index contributed by atoms with van der Waals surface area (Å²) in [4.78, 5) is 12.3. The lowest BCUT2D eigenvalue weighted by Crippen LogP contribution is -2.41. The number of carbonyl (C=O) groups excluding carboxylic acids is 1. The number of hydrogen-bond acceptors (Lipinski definition) is 5. The number of methoxy groups -OCH3 is 1. The summed E-state index contributed by atoms with van der Waals surface area (Å²) in [5, 5.41) is 2.67. The van der Waals surface area contributed by atoms with Crippen molar-refractivity contribution in [1.29, 1.82) is 0 Å². The molecule has 0 bridgehead atoms. The highest BCUT2D eigenvalue weighted by Gasteiger charge is 2.25. The van der Waals surface area contributed by atoms with Gasteiger partial charge in [0.05, 0.1) is 19.8 Å². The molecule has 0 saturated carbocycles. The summed E-state index contributed by atoms with van der Waals surface area (Å²) in [6.07, 6.45) is 0. The fourth-order valence-corrected chi connectivity index (χ4v) is 3.85. The van der Waals surface area contributed by atoms with E-state index in [1.165, 1.54) is 20.1 Å². The zero-order valence-corrected chi connectivity index (χ0v) is 16.6. The maximum atomic E-state index is 12.7. The van der Waals surface area contributed by atoms with Crippen LogP contribution in [-0.4, -0.2) is 34.1 Å². The molecule has 0 aromatic heterocycles. The fourth-order valence-electron chi connectivity index (χ4n) is 2.40. The summed E-state index contributed by atoms with van der Waals surface area (Å²) in [6, 6.07) is 10.7. The first-order chi connectivity index (χ1) is 12.8. The number of nitrogens with one attached hydrogen (secondary N) is 2. The van der Waals surface area contributed by atoms with E-state index in [0.29, 0.717) is 18.0 Å². The minimum absolute atomic E-state index is 0.00860. The van der Waals surface area contributed by atoms with Gasteiger partial charge in [-0.25, -0.2) is 8.42 Å². The molecule has 0 aliphatic heterocycles. The number of sulfonamides is 1. The molecule has 0 aliphatic carbocycles. The summed E-state index contributed by atoms with van der Waals surface area (Å²) in [5.74, 6) is 0.428. The SMILES string of the molecule is CCOc1ccc(NC(=O)[C@H](C)NS(=O)(=O)c2cc(C)ccc2OC)cc1. The van der Waals surface area contributed by atoms with Gasteiger partial charge in [0.25, 0.3) is 0 Å². The molecule has 1 amide bonds. The van der Waals surface area contributed by atoms with Gasteiger partial charge < -0.3 is 14.8 Å². The normalized spacial score (nSPS) is 12.3. The predicted octanol–water partition coefficient (Wildman–Crippen LogP) is 2.71. The van der Waals surface area contributed by atoms with Gasteiger partial charge in [0.1, 0.15) is 16.4 Å². The van der Waals surface area contributed by atoms with Gasteiger partial charge in [-0.2, -0.15) is 4.72 Å². The van der Waals surface area contributed by atoms with Crippen LogP contribution in [0.3, 0.4) is 0 Å². The highest BCUT2D eigenvalue weighted by atomic mass is 32.2. The van der Waals surface area contributed by atoms with Crippen LogP contribution in [0.25, 0.3) is 0 Å². The van der Waals surface area contributed by atoms with Gasteiger partial charge >= 0.3 is 0 Å². The molecule has 1 atom stereocenters. The smallest absolute Gasteiger partial charge is 0.244 e. The first-order valence-corrected chi connectivity index (χ1v) is 9.96. The Morgan fingerprint density at radius 3 is 2.41 bits per heavy atom. The van der Waals surface area contributed by atoms with Crippen molar-refractivity contribution in [3.05, 3.63) is 48.0 Å². The van der Waals surface area contributed by atoms with Crippen LogP contribution in [0.1, 0.15) is 19.4 Å². The third-order valence-electron chi connectivity index (χ3n) is 3.77. The number of amides is 1. The zero-order chi connectivity index (χ0) is 20.0. The highest BCUT2D eigenvalue weighted by molar-refractivity contribution is 7.89. The van der Waals surface area contributed by atoms with Crippen LogP contribution in [0.4, 0.5) is 5.69 Å². The van der Waals surface area contributed by atoms with Crippen molar-refractivity contribution in [1.82, 2.24) is 4.72 Å². The van der Waals surface area contributed by atoms with Crippen LogP contribution in [0.2, 0.25) is 0 Å². The second-order valence-electron chi connectivity index (χ2n) is 5.94. The second-order valence-corrected chi connectivity index (χ2v) is 7.63. The Morgan fingerprint density at radius 1 is 1.15 bits per heavy atom. The standard InChI is InChI=1S/C19H24N2O5S/c1-5-26-16-9-7-15(8-10-16)20-19(22)14(3)21-27(23,24)18-12-13(2)6-11-17(18)25-4/h6-12,14,21H,5H2,1-4H3,(H,20,22)/t14-/m0/s1. The molecule has 0 radical (unpaired) electrons. The summed E-state index contributed by atoms with van der Waals surface area (Å²) in [6.45, 7) is 5.68. The Balaban J connectivity index is 2.10. The topological polar surface area (TPSA) is 93.7 Å². The van der Waals surface area contributed by atoms with E-state index in [2.05, 4.69) is 10.0 Å². The average molecular weight is 392 g/mol. The zero-order valence-electron chi connectivity index (χ0n) is 15.8. The lowest BCUT2D eigenvalue weighted by molar-refractivity contribution is -0.117. The number of ether oxygens (including phenoxy) is 2. The van der Waals surface area contributed by atoms with Crippen LogP contribution in [0.15, 0.2) is 47.4 Å². The van der Waals surface area contributed by atoms with Crippen LogP contribution in [-0.2, 0) is 14.8 Å². The molecule has 8 heteroatoms. The highest BCUT2D eigenvalue weighted by Crippen LogP contribution is 2.25. The molecule has 2 rings (SSSR count). The van der Waals surface area contributed by atoms with Gasteiger partial charge in [-0.05, 0) is 62.7 Å². The van der Waals surface area contributed by atoms with E-state index in [9.17, 15) is 13.2 Å². The molecule has 27 heavy (non-hydrogen) atoms. The van der Waals surface area contributed by atoms with Gasteiger partial charge in [0.2, 0.25) is 15.9 Å². The molecule has 2 aromatic carbocycles. The van der Waals surface area contributed by atoms with E-state index in [1.807, 2.05) is 6.92 Å². The fraction of sp³-hybridized carbons (Fsp3) is 0.316. The van der Waals surface area contributed by atoms with Crippen molar-refractivity contribution in [3.63, 3.8) is 0 Å². The van der Waals surface area contributed by atoms with Crippen molar-refractivity contribution in [2.45, 2.75) is 31.7 Å². The van der Waals surface area contributed by atoms with Gasteiger partial charge in [0.15, 0.2) is 0 Å². The quantitative estimate of drug-likeness (QED) is 0.720. The molecule has 0 aliphatic rings. The lowest BCUT2D eigenvalue weighted by Gasteiger charge is -2.16. The van der Waals surface area contributed by atoms with E-state index in [1.54, 1.807) is 43.3 Å². The first kappa shape index (κ1) is 20.7. The van der Waals surface area contributed by atoms with Gasteiger partial charge in [0, 0.05) is 5.69 Å². The van der Waals surface area contributed by atoms with E-state index in [-0.39, 0.29) is 10.6 Å². The third-order valence-corrected chi connectivity index (χ3v) is 5.33. The molecule has 2 aromatic rings. The Morgan fingerprint density at radius 2 is 1.81 bits per heavy atom. The number of carbonyl (C=O) groups is 1. The van der Waals surface area contributed by atoms with Crippen LogP contribution < -0.4 is 19.5 Å². The minimum Gasteiger partial charge on any atom is -0.495 e. The first-order valence-electron chi connectivity index (χ1n) is 8.47. The molecular weight excluding hydrogens is 368 g/mol. The molecule has 0 spiro atoms. The van der Waals surface area contributed by atoms with Crippen LogP contribution in [0, 0.1) is 6.92 Å². The monoisotopic (exact) mass is 392 g/mol. The van der Waals surface area contributed by atoms with E-state index >= 15 is 0 Å². The molecule has 0 saturated heterocycles. The molecule has 0 heterocycles. The maximum absolute atomic E-state index is 12.7. The Hall–Kier alpha value is -2.58. The van der Waals surface area contributed by atoms with Gasteiger partial charge in [-0.15, -0.1) is 0 Å². The Labute approximate surface area is 159 Å². The predicted molar refractivity (Wildman–Crippen MR) is 104 cm³/mol. The second kappa shape index (κ2) is 8.88. The number of rotatable bonds is 8.